The number of quaternary nitrogens is 1. The molecule has 3 rings (SSSR count). The highest BCUT2D eigenvalue weighted by molar-refractivity contribution is 5.82. The lowest BCUT2D eigenvalue weighted by Gasteiger charge is -2.25. The van der Waals surface area contributed by atoms with Gasteiger partial charge in [-0.05, 0) is 24.8 Å². The molecule has 3 N–H and O–H groups in total. The number of carbonyl (C=O) groups excluding carboxylic acids is 1. The van der Waals surface area contributed by atoms with E-state index in [1.807, 2.05) is 18.2 Å². The summed E-state index contributed by atoms with van der Waals surface area (Å²) in [5, 5.41) is 5.44. The van der Waals surface area contributed by atoms with Gasteiger partial charge in [0.1, 0.15) is 6.04 Å². The highest BCUT2D eigenvalue weighted by Crippen LogP contribution is 2.23. The van der Waals surface area contributed by atoms with Gasteiger partial charge in [-0.3, -0.25) is 4.79 Å². The molecule has 0 aliphatic heterocycles. The van der Waals surface area contributed by atoms with Gasteiger partial charge in [-0.15, -0.1) is 0 Å². The van der Waals surface area contributed by atoms with Crippen LogP contribution in [0, 0.1) is 5.92 Å². The van der Waals surface area contributed by atoms with Gasteiger partial charge in [0, 0.05) is 23.1 Å². The Morgan fingerprint density at radius 1 is 1.04 bits per heavy atom. The number of aryl methyl sites for hydroxylation is 1. The SMILES string of the molecule is CCc1ccc([C@H]([NH2+][C@@H](C(=O)NC2CC2)c2ccccc2)C(C)C)cc1. The molecule has 0 saturated heterocycles. The molecule has 0 aromatic heterocycles. The predicted molar refractivity (Wildman–Crippen MR) is 106 cm³/mol. The minimum Gasteiger partial charge on any atom is -0.348 e. The van der Waals surface area contributed by atoms with Crippen LogP contribution in [0.3, 0.4) is 0 Å². The fourth-order valence-electron chi connectivity index (χ4n) is 3.43. The lowest BCUT2D eigenvalue weighted by atomic mass is 9.93. The predicted octanol–water partition coefficient (Wildman–Crippen LogP) is 3.53. The second kappa shape index (κ2) is 8.50. The molecule has 138 valence electrons. The van der Waals surface area contributed by atoms with Crippen LogP contribution in [0.4, 0.5) is 0 Å². The van der Waals surface area contributed by atoms with Gasteiger partial charge in [-0.1, -0.05) is 75.4 Å². The van der Waals surface area contributed by atoms with E-state index < -0.39 is 0 Å². The molecule has 2 aromatic carbocycles. The lowest BCUT2D eigenvalue weighted by Crippen LogP contribution is -2.89. The van der Waals surface area contributed by atoms with Crippen molar-refractivity contribution in [2.45, 2.75) is 58.2 Å². The average molecular weight is 352 g/mol. The number of hydrogen-bond acceptors (Lipinski definition) is 1. The zero-order chi connectivity index (χ0) is 18.5. The zero-order valence-electron chi connectivity index (χ0n) is 16.1. The summed E-state index contributed by atoms with van der Waals surface area (Å²) in [4.78, 5) is 12.9. The van der Waals surface area contributed by atoms with Crippen molar-refractivity contribution < 1.29 is 10.1 Å². The topological polar surface area (TPSA) is 45.7 Å². The normalized spacial score (nSPS) is 16.3. The van der Waals surface area contributed by atoms with Gasteiger partial charge < -0.3 is 10.6 Å². The second-order valence-corrected chi connectivity index (χ2v) is 7.73. The first-order chi connectivity index (χ1) is 12.6. The molecule has 26 heavy (non-hydrogen) atoms. The molecule has 3 heteroatoms. The van der Waals surface area contributed by atoms with Crippen LogP contribution < -0.4 is 10.6 Å². The van der Waals surface area contributed by atoms with Gasteiger partial charge in [0.25, 0.3) is 5.91 Å². The molecule has 0 spiro atoms. The number of nitrogens with one attached hydrogen (secondary N) is 1. The van der Waals surface area contributed by atoms with Gasteiger partial charge >= 0.3 is 0 Å². The Hall–Kier alpha value is -2.13. The van der Waals surface area contributed by atoms with E-state index in [1.54, 1.807) is 0 Å². The second-order valence-electron chi connectivity index (χ2n) is 7.73. The van der Waals surface area contributed by atoms with E-state index in [4.69, 9.17) is 0 Å². The van der Waals surface area contributed by atoms with E-state index in [2.05, 4.69) is 67.8 Å². The monoisotopic (exact) mass is 351 g/mol. The molecule has 0 bridgehead atoms. The summed E-state index contributed by atoms with van der Waals surface area (Å²) in [6.07, 6.45) is 3.27. The summed E-state index contributed by atoms with van der Waals surface area (Å²) in [5.41, 5.74) is 3.71. The van der Waals surface area contributed by atoms with Gasteiger partial charge in [0.2, 0.25) is 0 Å². The van der Waals surface area contributed by atoms with Crippen molar-refractivity contribution in [2.24, 2.45) is 5.92 Å². The Morgan fingerprint density at radius 3 is 2.23 bits per heavy atom. The van der Waals surface area contributed by atoms with E-state index in [-0.39, 0.29) is 18.0 Å². The van der Waals surface area contributed by atoms with E-state index in [1.165, 1.54) is 11.1 Å². The summed E-state index contributed by atoms with van der Waals surface area (Å²) < 4.78 is 0. The maximum atomic E-state index is 12.9. The molecule has 2 atom stereocenters. The molecule has 1 saturated carbocycles. The quantitative estimate of drug-likeness (QED) is 0.751. The van der Waals surface area contributed by atoms with E-state index >= 15 is 0 Å². The van der Waals surface area contributed by atoms with Crippen LogP contribution in [-0.2, 0) is 11.2 Å². The standard InChI is InChI=1S/C23H30N2O/c1-4-17-10-12-19(13-11-17)21(16(2)3)25-22(18-8-6-5-7-9-18)23(26)24-20-14-15-20/h5-13,16,20-22,25H,4,14-15H2,1-3H3,(H,24,26)/p+1/t21-,22-/m1/s1. The first kappa shape index (κ1) is 18.7. The van der Waals surface area contributed by atoms with Crippen molar-refractivity contribution >= 4 is 5.91 Å². The van der Waals surface area contributed by atoms with Crippen LogP contribution in [0.1, 0.15) is 62.4 Å². The van der Waals surface area contributed by atoms with Gasteiger partial charge in [0.15, 0.2) is 6.04 Å². The van der Waals surface area contributed by atoms with Crippen LogP contribution >= 0.6 is 0 Å². The third-order valence-corrected chi connectivity index (χ3v) is 5.26. The molecule has 1 aliphatic rings. The molecule has 2 aromatic rings. The third kappa shape index (κ3) is 4.73. The molecular formula is C23H31N2O+. The molecule has 0 radical (unpaired) electrons. The van der Waals surface area contributed by atoms with E-state index in [9.17, 15) is 4.79 Å². The van der Waals surface area contributed by atoms with Crippen molar-refractivity contribution in [3.05, 3.63) is 71.3 Å². The maximum Gasteiger partial charge on any atom is 0.283 e. The van der Waals surface area contributed by atoms with Crippen LogP contribution in [0.25, 0.3) is 0 Å². The Balaban J connectivity index is 1.84. The average Bonchev–Trinajstić information content (AvgIpc) is 3.47. The van der Waals surface area contributed by atoms with Gasteiger partial charge in [-0.25, -0.2) is 0 Å². The number of amides is 1. The maximum absolute atomic E-state index is 12.9. The number of carbonyl (C=O) groups is 1. The van der Waals surface area contributed by atoms with Crippen molar-refractivity contribution in [1.29, 1.82) is 0 Å². The minimum absolute atomic E-state index is 0.134. The third-order valence-electron chi connectivity index (χ3n) is 5.26. The van der Waals surface area contributed by atoms with Crippen molar-refractivity contribution in [1.82, 2.24) is 5.32 Å². The molecule has 1 aliphatic carbocycles. The van der Waals surface area contributed by atoms with E-state index in [0.29, 0.717) is 12.0 Å². The lowest BCUT2D eigenvalue weighted by molar-refractivity contribution is -0.728. The summed E-state index contributed by atoms with van der Waals surface area (Å²) in [6.45, 7) is 6.64. The number of rotatable bonds is 8. The molecule has 1 fully saturated rings. The Bertz CT molecular complexity index is 705. The van der Waals surface area contributed by atoms with Gasteiger partial charge in [-0.2, -0.15) is 0 Å². The highest BCUT2D eigenvalue weighted by atomic mass is 16.2. The fraction of sp³-hybridized carbons (Fsp3) is 0.435. The molecule has 3 nitrogen and oxygen atoms in total. The molecular weight excluding hydrogens is 320 g/mol. The smallest absolute Gasteiger partial charge is 0.283 e. The largest absolute Gasteiger partial charge is 0.348 e. The molecule has 0 heterocycles. The Kier molecular flexibility index (Phi) is 6.10. The van der Waals surface area contributed by atoms with Crippen molar-refractivity contribution in [3.8, 4) is 0 Å². The number of nitrogens with two attached hydrogens (primary N) is 1. The van der Waals surface area contributed by atoms with Crippen molar-refractivity contribution in [3.63, 3.8) is 0 Å². The number of benzene rings is 2. The van der Waals surface area contributed by atoms with Crippen LogP contribution in [0.15, 0.2) is 54.6 Å². The minimum atomic E-state index is -0.213. The van der Waals surface area contributed by atoms with Crippen molar-refractivity contribution in [2.75, 3.05) is 0 Å². The van der Waals surface area contributed by atoms with Gasteiger partial charge in [0.05, 0.1) is 0 Å². The van der Waals surface area contributed by atoms with Crippen LogP contribution in [0.2, 0.25) is 0 Å². The summed E-state index contributed by atoms with van der Waals surface area (Å²) in [5.74, 6) is 0.567. The van der Waals surface area contributed by atoms with Crippen LogP contribution in [0.5, 0.6) is 0 Å². The van der Waals surface area contributed by atoms with E-state index in [0.717, 1.165) is 24.8 Å². The summed E-state index contributed by atoms with van der Waals surface area (Å²) in [7, 11) is 0. The van der Waals surface area contributed by atoms with Crippen LogP contribution in [-0.4, -0.2) is 11.9 Å². The number of hydrogen-bond donors (Lipinski definition) is 2. The molecule has 1 amide bonds. The Labute approximate surface area is 157 Å². The fourth-order valence-corrected chi connectivity index (χ4v) is 3.43. The molecule has 0 unspecified atom stereocenters. The Morgan fingerprint density at radius 2 is 1.69 bits per heavy atom. The zero-order valence-corrected chi connectivity index (χ0v) is 16.1. The summed E-state index contributed by atoms with van der Waals surface area (Å²) in [6, 6.07) is 19.4. The highest BCUT2D eigenvalue weighted by Gasteiger charge is 2.33. The first-order valence-corrected chi connectivity index (χ1v) is 9.87. The summed E-state index contributed by atoms with van der Waals surface area (Å²) >= 11 is 0. The first-order valence-electron chi connectivity index (χ1n) is 9.87.